The summed E-state index contributed by atoms with van der Waals surface area (Å²) in [4.78, 5) is 14.0. The molecule has 0 aromatic carbocycles. The molecule has 0 aromatic rings. The number of carboxylic acids is 1. The zero-order valence-corrected chi connectivity index (χ0v) is 14.2. The minimum Gasteiger partial charge on any atom is -0.480 e. The average molecular weight is 300 g/mol. The fourth-order valence-corrected chi connectivity index (χ4v) is 3.08. The fraction of sp³-hybridized carbons (Fsp3) is 0.938. The van der Waals surface area contributed by atoms with Crippen molar-refractivity contribution in [2.45, 2.75) is 77.6 Å². The molecule has 2 N–H and O–H groups in total. The first-order valence-electron chi connectivity index (χ1n) is 8.15. The van der Waals surface area contributed by atoms with Gasteiger partial charge in [0.2, 0.25) is 0 Å². The molecule has 0 aromatic heterocycles. The Morgan fingerprint density at radius 2 is 2.19 bits per heavy atom. The zero-order valence-electron chi connectivity index (χ0n) is 14.2. The third-order valence-electron chi connectivity index (χ3n) is 4.25. The highest BCUT2D eigenvalue weighted by atomic mass is 16.5. The number of hydrogen-bond donors (Lipinski definition) is 2. The first-order chi connectivity index (χ1) is 9.78. The van der Waals surface area contributed by atoms with Crippen molar-refractivity contribution in [1.29, 1.82) is 0 Å². The van der Waals surface area contributed by atoms with Gasteiger partial charge >= 0.3 is 5.97 Å². The van der Waals surface area contributed by atoms with E-state index < -0.39 is 11.5 Å². The molecule has 0 radical (unpaired) electrons. The summed E-state index contributed by atoms with van der Waals surface area (Å²) in [7, 11) is 0. The molecule has 21 heavy (non-hydrogen) atoms. The number of carboxylic acid groups (broad SMARTS) is 1. The van der Waals surface area contributed by atoms with Crippen LogP contribution in [0.4, 0.5) is 0 Å². The summed E-state index contributed by atoms with van der Waals surface area (Å²) in [5.74, 6) is -0.765. The Morgan fingerprint density at radius 3 is 2.71 bits per heavy atom. The normalized spacial score (nSPS) is 26.8. The van der Waals surface area contributed by atoms with Crippen LogP contribution in [0.2, 0.25) is 0 Å². The van der Waals surface area contributed by atoms with E-state index in [2.05, 4.69) is 24.1 Å². The number of hydrogen-bond acceptors (Lipinski definition) is 4. The highest BCUT2D eigenvalue weighted by Crippen LogP contribution is 2.18. The molecule has 1 fully saturated rings. The molecule has 0 spiro atoms. The van der Waals surface area contributed by atoms with Gasteiger partial charge in [-0.2, -0.15) is 0 Å². The SMILES string of the molecule is CCC1COC(C)CN1CCCC(C)(NC(C)C)C(=O)O. The van der Waals surface area contributed by atoms with E-state index in [-0.39, 0.29) is 12.1 Å². The van der Waals surface area contributed by atoms with Crippen LogP contribution >= 0.6 is 0 Å². The molecule has 0 bridgehead atoms. The minimum absolute atomic E-state index is 0.165. The van der Waals surface area contributed by atoms with Crippen molar-refractivity contribution in [1.82, 2.24) is 10.2 Å². The lowest BCUT2D eigenvalue weighted by atomic mass is 9.94. The summed E-state index contributed by atoms with van der Waals surface area (Å²) in [5, 5.41) is 12.6. The second-order valence-corrected chi connectivity index (χ2v) is 6.74. The monoisotopic (exact) mass is 300 g/mol. The molecule has 0 saturated carbocycles. The number of nitrogens with zero attached hydrogens (tertiary/aromatic N) is 1. The quantitative estimate of drug-likeness (QED) is 0.719. The molecule has 3 unspecified atom stereocenters. The molecular weight excluding hydrogens is 268 g/mol. The Hall–Kier alpha value is -0.650. The van der Waals surface area contributed by atoms with E-state index in [1.165, 1.54) is 0 Å². The maximum absolute atomic E-state index is 11.5. The number of carbonyl (C=O) groups is 1. The molecular formula is C16H32N2O3. The van der Waals surface area contributed by atoms with Crippen LogP contribution in [0, 0.1) is 0 Å². The Bertz CT molecular complexity index is 335. The Balaban J connectivity index is 2.50. The molecule has 1 saturated heterocycles. The molecule has 1 heterocycles. The summed E-state index contributed by atoms with van der Waals surface area (Å²) in [6.45, 7) is 12.7. The van der Waals surface area contributed by atoms with Gasteiger partial charge < -0.3 is 9.84 Å². The predicted octanol–water partition coefficient (Wildman–Crippen LogP) is 2.11. The number of nitrogens with one attached hydrogen (secondary N) is 1. The van der Waals surface area contributed by atoms with Crippen LogP contribution in [0.15, 0.2) is 0 Å². The van der Waals surface area contributed by atoms with Crippen LogP contribution in [0.5, 0.6) is 0 Å². The topological polar surface area (TPSA) is 61.8 Å². The van der Waals surface area contributed by atoms with Crippen molar-refractivity contribution in [2.75, 3.05) is 19.7 Å². The number of aliphatic carboxylic acids is 1. The molecule has 1 rings (SSSR count). The van der Waals surface area contributed by atoms with Gasteiger partial charge in [0.25, 0.3) is 0 Å². The third-order valence-corrected chi connectivity index (χ3v) is 4.25. The van der Waals surface area contributed by atoms with Gasteiger partial charge in [0.1, 0.15) is 5.54 Å². The van der Waals surface area contributed by atoms with Gasteiger partial charge in [-0.1, -0.05) is 6.92 Å². The molecule has 0 amide bonds. The Labute approximate surface area is 129 Å². The number of morpholine rings is 1. The second-order valence-electron chi connectivity index (χ2n) is 6.74. The maximum Gasteiger partial charge on any atom is 0.323 e. The van der Waals surface area contributed by atoms with Gasteiger partial charge in [0, 0.05) is 18.6 Å². The van der Waals surface area contributed by atoms with Gasteiger partial charge in [-0.05, 0) is 53.5 Å². The summed E-state index contributed by atoms with van der Waals surface area (Å²) in [5.41, 5.74) is -0.840. The van der Waals surface area contributed by atoms with E-state index in [0.717, 1.165) is 32.5 Å². The third kappa shape index (κ3) is 5.57. The van der Waals surface area contributed by atoms with E-state index in [9.17, 15) is 9.90 Å². The highest BCUT2D eigenvalue weighted by molar-refractivity contribution is 5.78. The lowest BCUT2D eigenvalue weighted by molar-refractivity contribution is -0.145. The van der Waals surface area contributed by atoms with Gasteiger partial charge in [0.15, 0.2) is 0 Å². The first-order valence-corrected chi connectivity index (χ1v) is 8.15. The first kappa shape index (κ1) is 18.4. The second kappa shape index (κ2) is 8.11. The van der Waals surface area contributed by atoms with E-state index >= 15 is 0 Å². The van der Waals surface area contributed by atoms with Gasteiger partial charge in [-0.25, -0.2) is 0 Å². The summed E-state index contributed by atoms with van der Waals surface area (Å²) in [6, 6.07) is 0.633. The number of rotatable bonds is 8. The van der Waals surface area contributed by atoms with Crippen molar-refractivity contribution in [3.63, 3.8) is 0 Å². The molecule has 1 aliphatic heterocycles. The largest absolute Gasteiger partial charge is 0.480 e. The minimum atomic E-state index is -0.840. The molecule has 124 valence electrons. The lowest BCUT2D eigenvalue weighted by Gasteiger charge is -2.39. The van der Waals surface area contributed by atoms with Crippen LogP contribution in [0.25, 0.3) is 0 Å². The highest BCUT2D eigenvalue weighted by Gasteiger charge is 2.33. The molecule has 5 heteroatoms. The van der Waals surface area contributed by atoms with Crippen LogP contribution < -0.4 is 5.32 Å². The van der Waals surface area contributed by atoms with Gasteiger partial charge in [0.05, 0.1) is 12.7 Å². The summed E-state index contributed by atoms with van der Waals surface area (Å²) >= 11 is 0. The smallest absolute Gasteiger partial charge is 0.323 e. The van der Waals surface area contributed by atoms with E-state index in [1.54, 1.807) is 6.92 Å². The van der Waals surface area contributed by atoms with Crippen molar-refractivity contribution >= 4 is 5.97 Å². The van der Waals surface area contributed by atoms with Crippen molar-refractivity contribution in [3.8, 4) is 0 Å². The molecule has 0 aliphatic carbocycles. The van der Waals surface area contributed by atoms with E-state index in [0.29, 0.717) is 12.5 Å². The molecule has 3 atom stereocenters. The summed E-state index contributed by atoms with van der Waals surface area (Å²) < 4.78 is 5.70. The number of ether oxygens (including phenoxy) is 1. The maximum atomic E-state index is 11.5. The van der Waals surface area contributed by atoms with Crippen molar-refractivity contribution in [2.24, 2.45) is 0 Å². The van der Waals surface area contributed by atoms with Gasteiger partial charge in [-0.3, -0.25) is 15.0 Å². The van der Waals surface area contributed by atoms with Crippen molar-refractivity contribution in [3.05, 3.63) is 0 Å². The molecule has 5 nitrogen and oxygen atoms in total. The van der Waals surface area contributed by atoms with Crippen LogP contribution in [0.3, 0.4) is 0 Å². The van der Waals surface area contributed by atoms with E-state index in [1.807, 2.05) is 13.8 Å². The van der Waals surface area contributed by atoms with Crippen LogP contribution in [-0.4, -0.2) is 59.4 Å². The average Bonchev–Trinajstić information content (AvgIpc) is 2.38. The Morgan fingerprint density at radius 1 is 1.52 bits per heavy atom. The van der Waals surface area contributed by atoms with Crippen LogP contribution in [-0.2, 0) is 9.53 Å². The van der Waals surface area contributed by atoms with Gasteiger partial charge in [-0.15, -0.1) is 0 Å². The molecule has 1 aliphatic rings. The Kier molecular flexibility index (Phi) is 7.10. The zero-order chi connectivity index (χ0) is 16.0. The predicted molar refractivity (Wildman–Crippen MR) is 84.6 cm³/mol. The van der Waals surface area contributed by atoms with Crippen LogP contribution in [0.1, 0.15) is 53.9 Å². The van der Waals surface area contributed by atoms with Crippen molar-refractivity contribution < 1.29 is 14.6 Å². The summed E-state index contributed by atoms with van der Waals surface area (Å²) in [6.07, 6.45) is 2.87. The van der Waals surface area contributed by atoms with E-state index in [4.69, 9.17) is 4.74 Å². The lowest BCUT2D eigenvalue weighted by Crippen LogP contribution is -2.53. The standard InChI is InChI=1S/C16H32N2O3/c1-6-14-11-21-13(4)10-18(14)9-7-8-16(5,15(19)20)17-12(2)3/h12-14,17H,6-11H2,1-5H3,(H,19,20). The fourth-order valence-electron chi connectivity index (χ4n) is 3.08.